The van der Waals surface area contributed by atoms with Crippen molar-refractivity contribution in [3.63, 3.8) is 0 Å². The van der Waals surface area contributed by atoms with Gasteiger partial charge in [0, 0.05) is 0 Å². The molecule has 0 N–H and O–H groups in total. The van der Waals surface area contributed by atoms with Crippen LogP contribution in [0.5, 0.6) is 0 Å². The molecule has 3 rings (SSSR count). The molecule has 0 radical (unpaired) electrons. The number of aromatic nitrogens is 2. The molecule has 0 aliphatic carbocycles. The van der Waals surface area contributed by atoms with E-state index in [0.717, 1.165) is 11.1 Å². The molecule has 2 aromatic carbocycles. The molecule has 0 bridgehead atoms. The quantitative estimate of drug-likeness (QED) is 0.728. The van der Waals surface area contributed by atoms with Gasteiger partial charge in [0.05, 0.1) is 15.9 Å². The fraction of sp³-hybridized carbons (Fsp3) is 0.133. The van der Waals surface area contributed by atoms with Gasteiger partial charge in [-0.1, -0.05) is 18.2 Å². The van der Waals surface area contributed by atoms with Crippen molar-refractivity contribution in [2.45, 2.75) is 18.7 Å². The van der Waals surface area contributed by atoms with Gasteiger partial charge in [-0.05, 0) is 49.2 Å². The van der Waals surface area contributed by atoms with Crippen LogP contribution >= 0.6 is 0 Å². The molecular weight excluding hydrogens is 272 g/mol. The number of benzene rings is 2. The smallest absolute Gasteiger partial charge is 0.236 e. The van der Waals surface area contributed by atoms with Gasteiger partial charge >= 0.3 is 0 Å². The maximum atomic E-state index is 12.7. The maximum Gasteiger partial charge on any atom is 0.269 e. The van der Waals surface area contributed by atoms with Gasteiger partial charge in [-0.15, -0.1) is 0 Å². The topological polar surface area (TPSA) is 52.0 Å². The van der Waals surface area contributed by atoms with E-state index in [2.05, 4.69) is 4.98 Å². The molecule has 1 heterocycles. The summed E-state index contributed by atoms with van der Waals surface area (Å²) in [5.74, 6) is 0. The molecule has 0 amide bonds. The van der Waals surface area contributed by atoms with Crippen molar-refractivity contribution in [1.82, 2.24) is 8.96 Å². The normalized spacial score (nSPS) is 11.9. The van der Waals surface area contributed by atoms with Crippen LogP contribution in [0.15, 0.2) is 53.7 Å². The minimum Gasteiger partial charge on any atom is -0.236 e. The van der Waals surface area contributed by atoms with Gasteiger partial charge < -0.3 is 0 Å². The summed E-state index contributed by atoms with van der Waals surface area (Å²) >= 11 is 0. The average Bonchev–Trinajstić information content (AvgIpc) is 2.86. The fourth-order valence-electron chi connectivity index (χ4n) is 2.12. The van der Waals surface area contributed by atoms with Crippen molar-refractivity contribution in [3.8, 4) is 0 Å². The van der Waals surface area contributed by atoms with Crippen molar-refractivity contribution in [3.05, 3.63) is 59.9 Å². The maximum absolute atomic E-state index is 12.7. The van der Waals surface area contributed by atoms with Gasteiger partial charge in [-0.25, -0.2) is 17.4 Å². The molecular formula is C15H14N2O2S. The Labute approximate surface area is 117 Å². The third-order valence-electron chi connectivity index (χ3n) is 3.46. The number of hydrogen-bond donors (Lipinski definition) is 0. The van der Waals surface area contributed by atoms with Crippen molar-refractivity contribution < 1.29 is 8.42 Å². The Hall–Kier alpha value is -2.14. The summed E-state index contributed by atoms with van der Waals surface area (Å²) in [6.07, 6.45) is 1.36. The first-order valence-electron chi connectivity index (χ1n) is 6.25. The van der Waals surface area contributed by atoms with E-state index in [1.54, 1.807) is 30.3 Å². The van der Waals surface area contributed by atoms with Crippen LogP contribution in [-0.2, 0) is 10.0 Å². The van der Waals surface area contributed by atoms with E-state index < -0.39 is 10.0 Å². The molecule has 0 saturated carbocycles. The van der Waals surface area contributed by atoms with Crippen LogP contribution in [0.4, 0.5) is 0 Å². The van der Waals surface area contributed by atoms with Crippen molar-refractivity contribution in [1.29, 1.82) is 0 Å². The molecule has 0 aliphatic rings. The first-order valence-corrected chi connectivity index (χ1v) is 7.69. The number of imidazole rings is 1. The zero-order chi connectivity index (χ0) is 14.3. The Morgan fingerprint density at radius 1 is 1.00 bits per heavy atom. The summed E-state index contributed by atoms with van der Waals surface area (Å²) in [6.45, 7) is 3.86. The van der Waals surface area contributed by atoms with Crippen molar-refractivity contribution in [2.75, 3.05) is 0 Å². The predicted molar refractivity (Wildman–Crippen MR) is 78.2 cm³/mol. The first kappa shape index (κ1) is 12.9. The monoisotopic (exact) mass is 286 g/mol. The van der Waals surface area contributed by atoms with E-state index in [1.165, 1.54) is 10.3 Å². The van der Waals surface area contributed by atoms with Crippen LogP contribution in [-0.4, -0.2) is 17.4 Å². The summed E-state index contributed by atoms with van der Waals surface area (Å²) in [5.41, 5.74) is 3.28. The Kier molecular flexibility index (Phi) is 2.87. The minimum atomic E-state index is -3.61. The molecule has 0 aliphatic heterocycles. The third-order valence-corrected chi connectivity index (χ3v) is 5.11. The largest absolute Gasteiger partial charge is 0.269 e. The van der Waals surface area contributed by atoms with Gasteiger partial charge in [0.25, 0.3) is 10.0 Å². The molecule has 102 valence electrons. The Bertz CT molecular complexity index is 895. The second kappa shape index (κ2) is 4.45. The van der Waals surface area contributed by atoms with E-state index in [1.807, 2.05) is 26.0 Å². The standard InChI is InChI=1S/C15H14N2O2S/c1-11-7-8-13(9-12(11)2)20(18,19)17-10-16-14-5-3-4-6-15(14)17/h3-10H,1-2H3. The lowest BCUT2D eigenvalue weighted by Gasteiger charge is -2.08. The highest BCUT2D eigenvalue weighted by Gasteiger charge is 2.19. The zero-order valence-electron chi connectivity index (χ0n) is 11.2. The fourth-order valence-corrected chi connectivity index (χ4v) is 3.49. The third kappa shape index (κ3) is 1.91. The summed E-state index contributed by atoms with van der Waals surface area (Å²) in [4.78, 5) is 4.42. The molecule has 0 saturated heterocycles. The Morgan fingerprint density at radius 2 is 1.75 bits per heavy atom. The number of fused-ring (bicyclic) bond motifs is 1. The molecule has 4 nitrogen and oxygen atoms in total. The summed E-state index contributed by atoms with van der Waals surface area (Å²) in [5, 5.41) is 0. The number of hydrogen-bond acceptors (Lipinski definition) is 3. The molecule has 0 unspecified atom stereocenters. The van der Waals surface area contributed by atoms with Gasteiger partial charge in [0.2, 0.25) is 0 Å². The van der Waals surface area contributed by atoms with Crippen LogP contribution in [0.1, 0.15) is 11.1 Å². The van der Waals surface area contributed by atoms with Crippen molar-refractivity contribution >= 4 is 21.1 Å². The molecule has 0 fully saturated rings. The molecule has 0 atom stereocenters. The van der Waals surface area contributed by atoms with Gasteiger partial charge in [-0.2, -0.15) is 0 Å². The van der Waals surface area contributed by atoms with E-state index in [0.29, 0.717) is 11.0 Å². The lowest BCUT2D eigenvalue weighted by Crippen LogP contribution is -2.12. The van der Waals surface area contributed by atoms with E-state index >= 15 is 0 Å². The Morgan fingerprint density at radius 3 is 2.50 bits per heavy atom. The minimum absolute atomic E-state index is 0.281. The zero-order valence-corrected chi connectivity index (χ0v) is 12.1. The average molecular weight is 286 g/mol. The number of rotatable bonds is 2. The molecule has 20 heavy (non-hydrogen) atoms. The lowest BCUT2D eigenvalue weighted by atomic mass is 10.1. The number of aryl methyl sites for hydroxylation is 2. The van der Waals surface area contributed by atoms with Crippen LogP contribution in [0.25, 0.3) is 11.0 Å². The Balaban J connectivity index is 2.23. The van der Waals surface area contributed by atoms with Crippen LogP contribution in [0, 0.1) is 13.8 Å². The van der Waals surface area contributed by atoms with Crippen LogP contribution in [0.2, 0.25) is 0 Å². The van der Waals surface area contributed by atoms with E-state index in [9.17, 15) is 8.42 Å². The molecule has 5 heteroatoms. The highest BCUT2D eigenvalue weighted by Crippen LogP contribution is 2.21. The molecule has 3 aromatic rings. The second-order valence-corrected chi connectivity index (χ2v) is 6.60. The van der Waals surface area contributed by atoms with E-state index in [-0.39, 0.29) is 4.90 Å². The molecule has 0 spiro atoms. The highest BCUT2D eigenvalue weighted by molar-refractivity contribution is 7.90. The number of nitrogens with zero attached hydrogens (tertiary/aromatic N) is 2. The lowest BCUT2D eigenvalue weighted by molar-refractivity contribution is 0.588. The van der Waals surface area contributed by atoms with Gasteiger partial charge in [-0.3, -0.25) is 0 Å². The number of para-hydroxylation sites is 2. The van der Waals surface area contributed by atoms with E-state index in [4.69, 9.17) is 0 Å². The van der Waals surface area contributed by atoms with Crippen molar-refractivity contribution in [2.24, 2.45) is 0 Å². The van der Waals surface area contributed by atoms with Gasteiger partial charge in [0.1, 0.15) is 6.33 Å². The summed E-state index contributed by atoms with van der Waals surface area (Å²) in [7, 11) is -3.61. The summed E-state index contributed by atoms with van der Waals surface area (Å²) in [6, 6.07) is 12.3. The second-order valence-electron chi connectivity index (χ2n) is 4.78. The van der Waals surface area contributed by atoms with Crippen LogP contribution in [0.3, 0.4) is 0 Å². The van der Waals surface area contributed by atoms with Crippen LogP contribution < -0.4 is 0 Å². The SMILES string of the molecule is Cc1ccc(S(=O)(=O)n2cnc3ccccc32)cc1C. The molecule has 1 aromatic heterocycles. The predicted octanol–water partition coefficient (Wildman–Crippen LogP) is 2.89. The highest BCUT2D eigenvalue weighted by atomic mass is 32.2. The van der Waals surface area contributed by atoms with Gasteiger partial charge in [0.15, 0.2) is 0 Å². The summed E-state index contributed by atoms with van der Waals surface area (Å²) < 4.78 is 26.6. The first-order chi connectivity index (χ1) is 9.50.